The highest BCUT2D eigenvalue weighted by atomic mass is 16.4. The number of fused-ring (bicyclic) bond motifs is 1. The molecule has 4 N–H and O–H groups in total. The number of aromatic nitrogens is 2. The van der Waals surface area contributed by atoms with E-state index in [0.29, 0.717) is 13.0 Å². The summed E-state index contributed by atoms with van der Waals surface area (Å²) in [5.74, 6) is -1.12. The number of carbonyl (C=O) groups excluding carboxylic acids is 1. The standard InChI is InChI=1S/C12H18N4O3/c1-12(2,11(18)19)5-14-10(17)8-3-7-9(4-13-8)16-6-15-7/h6,8,13H,3-5H2,1-2H3,(H,14,17)(H,15,16)(H,18,19). The van der Waals surface area contributed by atoms with Crippen LogP contribution in [-0.4, -0.2) is 39.5 Å². The molecule has 1 aliphatic rings. The van der Waals surface area contributed by atoms with Crippen LogP contribution in [0.2, 0.25) is 0 Å². The molecule has 1 atom stereocenters. The first-order chi connectivity index (χ1) is 8.90. The Morgan fingerprint density at radius 2 is 2.32 bits per heavy atom. The molecule has 104 valence electrons. The monoisotopic (exact) mass is 266 g/mol. The number of H-pyrrole nitrogens is 1. The molecule has 0 fully saturated rings. The number of amides is 1. The van der Waals surface area contributed by atoms with Gasteiger partial charge in [-0.15, -0.1) is 0 Å². The molecule has 0 aromatic carbocycles. The molecule has 1 amide bonds. The van der Waals surface area contributed by atoms with Crippen molar-refractivity contribution in [2.24, 2.45) is 5.41 Å². The van der Waals surface area contributed by atoms with Crippen LogP contribution in [0, 0.1) is 5.41 Å². The molecule has 1 aliphatic heterocycles. The second-order valence-electron chi connectivity index (χ2n) is 5.37. The molecule has 2 heterocycles. The van der Waals surface area contributed by atoms with Crippen LogP contribution < -0.4 is 10.6 Å². The summed E-state index contributed by atoms with van der Waals surface area (Å²) in [6.45, 7) is 3.83. The summed E-state index contributed by atoms with van der Waals surface area (Å²) in [4.78, 5) is 30.1. The van der Waals surface area contributed by atoms with Crippen molar-refractivity contribution in [2.45, 2.75) is 32.9 Å². The summed E-state index contributed by atoms with van der Waals surface area (Å²) in [6.07, 6.45) is 2.12. The van der Waals surface area contributed by atoms with Gasteiger partial charge in [-0.3, -0.25) is 14.9 Å². The topological polar surface area (TPSA) is 107 Å². The predicted octanol–water partition coefficient (Wildman–Crippen LogP) is -0.349. The SMILES string of the molecule is CC(C)(CNC(=O)C1Cc2nc[nH]c2CN1)C(=O)O. The highest BCUT2D eigenvalue weighted by molar-refractivity contribution is 5.83. The Hall–Kier alpha value is -1.89. The first kappa shape index (κ1) is 13.5. The summed E-state index contributed by atoms with van der Waals surface area (Å²) in [5.41, 5.74) is 0.910. The molecule has 1 aromatic heterocycles. The first-order valence-corrected chi connectivity index (χ1v) is 6.16. The molecule has 19 heavy (non-hydrogen) atoms. The minimum Gasteiger partial charge on any atom is -0.481 e. The van der Waals surface area contributed by atoms with Crippen molar-refractivity contribution >= 4 is 11.9 Å². The van der Waals surface area contributed by atoms with E-state index in [1.54, 1.807) is 20.2 Å². The van der Waals surface area contributed by atoms with Gasteiger partial charge in [-0.1, -0.05) is 0 Å². The number of carbonyl (C=O) groups is 2. The lowest BCUT2D eigenvalue weighted by molar-refractivity contribution is -0.146. The maximum absolute atomic E-state index is 12.0. The van der Waals surface area contributed by atoms with Gasteiger partial charge in [-0.2, -0.15) is 0 Å². The third-order valence-corrected chi connectivity index (χ3v) is 3.33. The Morgan fingerprint density at radius 1 is 1.58 bits per heavy atom. The van der Waals surface area contributed by atoms with Gasteiger partial charge in [-0.05, 0) is 13.8 Å². The van der Waals surface area contributed by atoms with E-state index in [2.05, 4.69) is 20.6 Å². The first-order valence-electron chi connectivity index (χ1n) is 6.16. The highest BCUT2D eigenvalue weighted by Crippen LogP contribution is 2.15. The van der Waals surface area contributed by atoms with E-state index in [4.69, 9.17) is 5.11 Å². The minimum absolute atomic E-state index is 0.104. The summed E-state index contributed by atoms with van der Waals surface area (Å²) < 4.78 is 0. The van der Waals surface area contributed by atoms with Gasteiger partial charge in [0, 0.05) is 19.5 Å². The fourth-order valence-electron chi connectivity index (χ4n) is 1.86. The van der Waals surface area contributed by atoms with Gasteiger partial charge in [0.05, 0.1) is 29.2 Å². The molecule has 7 heteroatoms. The number of aromatic amines is 1. The average Bonchev–Trinajstić information content (AvgIpc) is 2.82. The lowest BCUT2D eigenvalue weighted by Crippen LogP contribution is -2.50. The number of carboxylic acid groups (broad SMARTS) is 1. The molecule has 0 saturated carbocycles. The molecule has 7 nitrogen and oxygen atoms in total. The van der Waals surface area contributed by atoms with Crippen LogP contribution in [0.1, 0.15) is 25.2 Å². The van der Waals surface area contributed by atoms with Crippen molar-refractivity contribution in [1.29, 1.82) is 0 Å². The zero-order valence-electron chi connectivity index (χ0n) is 11.0. The summed E-state index contributed by atoms with van der Waals surface area (Å²) in [6, 6.07) is -0.361. The Morgan fingerprint density at radius 3 is 3.00 bits per heavy atom. The molecule has 0 aliphatic carbocycles. The van der Waals surface area contributed by atoms with Crippen molar-refractivity contribution in [2.75, 3.05) is 6.54 Å². The predicted molar refractivity (Wildman–Crippen MR) is 67.3 cm³/mol. The van der Waals surface area contributed by atoms with Gasteiger partial charge < -0.3 is 15.4 Å². The van der Waals surface area contributed by atoms with Gasteiger partial charge in [-0.25, -0.2) is 4.98 Å². The third kappa shape index (κ3) is 2.93. The number of nitrogens with one attached hydrogen (secondary N) is 3. The van der Waals surface area contributed by atoms with Crippen molar-refractivity contribution < 1.29 is 14.7 Å². The van der Waals surface area contributed by atoms with Gasteiger partial charge in [0.15, 0.2) is 0 Å². The normalized spacial score (nSPS) is 18.7. The summed E-state index contributed by atoms with van der Waals surface area (Å²) in [5, 5.41) is 14.8. The van der Waals surface area contributed by atoms with Crippen LogP contribution in [0.5, 0.6) is 0 Å². The maximum Gasteiger partial charge on any atom is 0.310 e. The Labute approximate surface area is 110 Å². The van der Waals surface area contributed by atoms with Crippen molar-refractivity contribution in [3.05, 3.63) is 17.7 Å². The van der Waals surface area contributed by atoms with E-state index < -0.39 is 11.4 Å². The molecule has 1 unspecified atom stereocenters. The molecule has 0 radical (unpaired) electrons. The Kier molecular flexibility index (Phi) is 3.57. The number of hydrogen-bond acceptors (Lipinski definition) is 4. The van der Waals surface area contributed by atoms with E-state index >= 15 is 0 Å². The number of carboxylic acids is 1. The largest absolute Gasteiger partial charge is 0.481 e. The van der Waals surface area contributed by atoms with Crippen LogP contribution in [-0.2, 0) is 22.6 Å². The van der Waals surface area contributed by atoms with Crippen LogP contribution in [0.3, 0.4) is 0 Å². The van der Waals surface area contributed by atoms with Crippen LogP contribution in [0.4, 0.5) is 0 Å². The number of imidazole rings is 1. The quantitative estimate of drug-likeness (QED) is 0.596. The van der Waals surface area contributed by atoms with Gasteiger partial charge in [0.1, 0.15) is 0 Å². The van der Waals surface area contributed by atoms with E-state index in [0.717, 1.165) is 11.4 Å². The van der Waals surface area contributed by atoms with E-state index in [1.165, 1.54) is 0 Å². The fraction of sp³-hybridized carbons (Fsp3) is 0.583. The van der Waals surface area contributed by atoms with Gasteiger partial charge in [0.25, 0.3) is 0 Å². The lowest BCUT2D eigenvalue weighted by Gasteiger charge is -2.25. The Balaban J connectivity index is 1.90. The third-order valence-electron chi connectivity index (χ3n) is 3.33. The zero-order valence-corrected chi connectivity index (χ0v) is 11.0. The van der Waals surface area contributed by atoms with Gasteiger partial charge >= 0.3 is 5.97 Å². The number of rotatable bonds is 4. The van der Waals surface area contributed by atoms with E-state index in [9.17, 15) is 9.59 Å². The Bertz CT molecular complexity index is 495. The van der Waals surface area contributed by atoms with Crippen LogP contribution >= 0.6 is 0 Å². The van der Waals surface area contributed by atoms with Crippen molar-refractivity contribution in [1.82, 2.24) is 20.6 Å². The second-order valence-corrected chi connectivity index (χ2v) is 5.37. The van der Waals surface area contributed by atoms with Crippen molar-refractivity contribution in [3.63, 3.8) is 0 Å². The molecule has 0 saturated heterocycles. The summed E-state index contributed by atoms with van der Waals surface area (Å²) in [7, 11) is 0. The van der Waals surface area contributed by atoms with Gasteiger partial charge in [0.2, 0.25) is 5.91 Å². The minimum atomic E-state index is -0.970. The number of nitrogens with zero attached hydrogens (tertiary/aromatic N) is 1. The van der Waals surface area contributed by atoms with E-state index in [1.807, 2.05) is 0 Å². The number of aliphatic carboxylic acids is 1. The molecular formula is C12H18N4O3. The average molecular weight is 266 g/mol. The second kappa shape index (κ2) is 5.00. The molecule has 2 rings (SSSR count). The summed E-state index contributed by atoms with van der Waals surface area (Å²) >= 11 is 0. The fourth-order valence-corrected chi connectivity index (χ4v) is 1.86. The highest BCUT2D eigenvalue weighted by Gasteiger charge is 2.30. The van der Waals surface area contributed by atoms with E-state index in [-0.39, 0.29) is 18.5 Å². The lowest BCUT2D eigenvalue weighted by atomic mass is 9.93. The smallest absolute Gasteiger partial charge is 0.310 e. The van der Waals surface area contributed by atoms with Crippen molar-refractivity contribution in [3.8, 4) is 0 Å². The zero-order chi connectivity index (χ0) is 14.0. The molecule has 1 aromatic rings. The molecule has 0 spiro atoms. The van der Waals surface area contributed by atoms with Crippen LogP contribution in [0.15, 0.2) is 6.33 Å². The van der Waals surface area contributed by atoms with Crippen LogP contribution in [0.25, 0.3) is 0 Å². The maximum atomic E-state index is 12.0. The molecular weight excluding hydrogens is 248 g/mol. The number of hydrogen-bond donors (Lipinski definition) is 4. The molecule has 0 bridgehead atoms.